The maximum atomic E-state index is 11.2. The number of aromatic nitrogens is 2. The molecule has 1 aromatic carbocycles. The minimum Gasteiger partial charge on any atom is -0.267 e. The van der Waals surface area contributed by atoms with Crippen LogP contribution in [-0.4, -0.2) is 10.2 Å². The van der Waals surface area contributed by atoms with Crippen LogP contribution in [0.25, 0.3) is 10.8 Å². The van der Waals surface area contributed by atoms with E-state index in [0.717, 1.165) is 10.9 Å². The van der Waals surface area contributed by atoms with Gasteiger partial charge in [-0.05, 0) is 19.1 Å². The number of nitrogens with one attached hydrogen (secondary N) is 1. The van der Waals surface area contributed by atoms with Gasteiger partial charge in [-0.3, -0.25) is 4.79 Å². The summed E-state index contributed by atoms with van der Waals surface area (Å²) < 4.78 is 0. The average Bonchev–Trinajstić information content (AvgIpc) is 2.21. The van der Waals surface area contributed by atoms with E-state index in [1.54, 1.807) is 6.20 Å². The summed E-state index contributed by atoms with van der Waals surface area (Å²) in [5.74, 6) is 0. The zero-order valence-corrected chi connectivity index (χ0v) is 8.66. The zero-order chi connectivity index (χ0) is 10.6. The molecule has 3 heteroatoms. The Hall–Kier alpha value is -1.64. The van der Waals surface area contributed by atoms with Crippen molar-refractivity contribution in [2.24, 2.45) is 0 Å². The van der Waals surface area contributed by atoms with Crippen LogP contribution in [0.2, 0.25) is 0 Å². The maximum Gasteiger partial charge on any atom is 0.272 e. The number of aryl methyl sites for hydroxylation is 1. The summed E-state index contributed by atoms with van der Waals surface area (Å²) >= 11 is 0. The molecule has 0 saturated carbocycles. The van der Waals surface area contributed by atoms with Crippen molar-refractivity contribution in [2.45, 2.75) is 20.8 Å². The predicted octanol–water partition coefficient (Wildman–Crippen LogP) is 2.26. The number of hydrogen-bond acceptors (Lipinski definition) is 2. The molecule has 14 heavy (non-hydrogen) atoms. The molecule has 0 spiro atoms. The number of rotatable bonds is 0. The standard InChI is InChI=1S/C9H8N2O.C2H6/c1-6-2-3-8-7(4-6)5-10-11-9(8)12;1-2/h2-5H,1H3,(H,11,12);1-2H3. The summed E-state index contributed by atoms with van der Waals surface area (Å²) in [6.45, 7) is 5.99. The highest BCUT2D eigenvalue weighted by Crippen LogP contribution is 2.09. The zero-order valence-electron chi connectivity index (χ0n) is 8.66. The Morgan fingerprint density at radius 3 is 2.71 bits per heavy atom. The van der Waals surface area contributed by atoms with E-state index in [9.17, 15) is 4.79 Å². The fourth-order valence-corrected chi connectivity index (χ4v) is 1.22. The van der Waals surface area contributed by atoms with E-state index in [1.165, 1.54) is 0 Å². The fraction of sp³-hybridized carbons (Fsp3) is 0.273. The Morgan fingerprint density at radius 2 is 2.00 bits per heavy atom. The lowest BCUT2D eigenvalue weighted by Crippen LogP contribution is -2.06. The van der Waals surface area contributed by atoms with Crippen LogP contribution < -0.4 is 5.56 Å². The Morgan fingerprint density at radius 1 is 1.29 bits per heavy atom. The fourth-order valence-electron chi connectivity index (χ4n) is 1.22. The molecule has 0 aliphatic carbocycles. The van der Waals surface area contributed by atoms with E-state index in [0.29, 0.717) is 5.39 Å². The van der Waals surface area contributed by atoms with Crippen molar-refractivity contribution in [1.29, 1.82) is 0 Å². The summed E-state index contributed by atoms with van der Waals surface area (Å²) in [6.07, 6.45) is 1.66. The summed E-state index contributed by atoms with van der Waals surface area (Å²) in [5.41, 5.74) is 1.00. The van der Waals surface area contributed by atoms with Gasteiger partial charge in [0.15, 0.2) is 0 Å². The highest BCUT2D eigenvalue weighted by atomic mass is 16.1. The molecule has 2 rings (SSSR count). The van der Waals surface area contributed by atoms with Gasteiger partial charge in [0, 0.05) is 5.39 Å². The van der Waals surface area contributed by atoms with Gasteiger partial charge in [0.2, 0.25) is 0 Å². The van der Waals surface area contributed by atoms with Gasteiger partial charge in [0.25, 0.3) is 5.56 Å². The molecular weight excluding hydrogens is 176 g/mol. The number of fused-ring (bicyclic) bond motifs is 1. The first kappa shape index (κ1) is 10.4. The second-order valence-electron chi connectivity index (χ2n) is 2.79. The van der Waals surface area contributed by atoms with Crippen molar-refractivity contribution in [3.63, 3.8) is 0 Å². The van der Waals surface area contributed by atoms with Crippen molar-refractivity contribution in [2.75, 3.05) is 0 Å². The van der Waals surface area contributed by atoms with Gasteiger partial charge in [0.1, 0.15) is 0 Å². The van der Waals surface area contributed by atoms with E-state index >= 15 is 0 Å². The van der Waals surface area contributed by atoms with E-state index in [1.807, 2.05) is 39.0 Å². The minimum absolute atomic E-state index is 0.132. The lowest BCUT2D eigenvalue weighted by molar-refractivity contribution is 1.01. The monoisotopic (exact) mass is 190 g/mol. The summed E-state index contributed by atoms with van der Waals surface area (Å²) in [7, 11) is 0. The highest BCUT2D eigenvalue weighted by Gasteiger charge is 1.96. The van der Waals surface area contributed by atoms with E-state index in [2.05, 4.69) is 10.2 Å². The first-order chi connectivity index (χ1) is 6.77. The Labute approximate surface area is 82.8 Å². The third kappa shape index (κ3) is 1.99. The highest BCUT2D eigenvalue weighted by molar-refractivity contribution is 5.80. The SMILES string of the molecule is CC.Cc1ccc2c(=O)[nH]ncc2c1. The molecule has 0 bridgehead atoms. The van der Waals surface area contributed by atoms with Crippen LogP contribution in [0, 0.1) is 6.92 Å². The van der Waals surface area contributed by atoms with Crippen molar-refractivity contribution < 1.29 is 0 Å². The molecule has 74 valence electrons. The van der Waals surface area contributed by atoms with E-state index in [-0.39, 0.29) is 5.56 Å². The van der Waals surface area contributed by atoms with Gasteiger partial charge >= 0.3 is 0 Å². The van der Waals surface area contributed by atoms with Crippen molar-refractivity contribution >= 4 is 10.8 Å². The lowest BCUT2D eigenvalue weighted by Gasteiger charge is -1.95. The molecule has 0 fully saturated rings. The van der Waals surface area contributed by atoms with Gasteiger partial charge in [0.05, 0.1) is 11.6 Å². The minimum atomic E-state index is -0.132. The van der Waals surface area contributed by atoms with Crippen LogP contribution in [0.1, 0.15) is 19.4 Å². The van der Waals surface area contributed by atoms with E-state index < -0.39 is 0 Å². The average molecular weight is 190 g/mol. The van der Waals surface area contributed by atoms with Gasteiger partial charge in [-0.25, -0.2) is 5.10 Å². The number of hydrogen-bond donors (Lipinski definition) is 1. The summed E-state index contributed by atoms with van der Waals surface area (Å²) in [5, 5.41) is 7.68. The predicted molar refractivity (Wildman–Crippen MR) is 58.4 cm³/mol. The van der Waals surface area contributed by atoms with Crippen molar-refractivity contribution in [3.05, 3.63) is 40.3 Å². The molecule has 1 aromatic heterocycles. The third-order valence-electron chi connectivity index (χ3n) is 1.82. The molecule has 2 aromatic rings. The second kappa shape index (κ2) is 4.56. The third-order valence-corrected chi connectivity index (χ3v) is 1.82. The Bertz CT molecular complexity index is 474. The topological polar surface area (TPSA) is 45.8 Å². The summed E-state index contributed by atoms with van der Waals surface area (Å²) in [6, 6.07) is 5.67. The molecule has 0 aliphatic heterocycles. The van der Waals surface area contributed by atoms with Crippen LogP contribution in [-0.2, 0) is 0 Å². The number of nitrogens with zero attached hydrogens (tertiary/aromatic N) is 1. The first-order valence-electron chi connectivity index (χ1n) is 4.71. The molecule has 0 radical (unpaired) electrons. The first-order valence-corrected chi connectivity index (χ1v) is 4.71. The van der Waals surface area contributed by atoms with Gasteiger partial charge in [-0.15, -0.1) is 0 Å². The molecule has 0 unspecified atom stereocenters. The van der Waals surface area contributed by atoms with Gasteiger partial charge < -0.3 is 0 Å². The Balaban J connectivity index is 0.000000461. The van der Waals surface area contributed by atoms with E-state index in [4.69, 9.17) is 0 Å². The number of benzene rings is 1. The number of aromatic amines is 1. The lowest BCUT2D eigenvalue weighted by atomic mass is 10.1. The molecule has 0 aliphatic rings. The molecule has 0 amide bonds. The maximum absolute atomic E-state index is 11.2. The van der Waals surface area contributed by atoms with Crippen LogP contribution in [0.3, 0.4) is 0 Å². The van der Waals surface area contributed by atoms with Crippen LogP contribution >= 0.6 is 0 Å². The van der Waals surface area contributed by atoms with Gasteiger partial charge in [-0.1, -0.05) is 25.5 Å². The molecule has 0 atom stereocenters. The molecule has 3 nitrogen and oxygen atoms in total. The quantitative estimate of drug-likeness (QED) is 0.692. The Kier molecular flexibility index (Phi) is 3.40. The largest absolute Gasteiger partial charge is 0.272 e. The van der Waals surface area contributed by atoms with Gasteiger partial charge in [-0.2, -0.15) is 5.10 Å². The van der Waals surface area contributed by atoms with Crippen molar-refractivity contribution in [1.82, 2.24) is 10.2 Å². The molecule has 0 saturated heterocycles. The molecular formula is C11H14N2O. The van der Waals surface area contributed by atoms with Crippen LogP contribution in [0.4, 0.5) is 0 Å². The van der Waals surface area contributed by atoms with Crippen LogP contribution in [0.15, 0.2) is 29.2 Å². The number of H-pyrrole nitrogens is 1. The second-order valence-corrected chi connectivity index (χ2v) is 2.79. The normalized spacial score (nSPS) is 9.36. The molecule has 1 N–H and O–H groups in total. The van der Waals surface area contributed by atoms with Crippen LogP contribution in [0.5, 0.6) is 0 Å². The molecule has 1 heterocycles. The van der Waals surface area contributed by atoms with Crippen molar-refractivity contribution in [3.8, 4) is 0 Å². The smallest absolute Gasteiger partial charge is 0.267 e. The summed E-state index contributed by atoms with van der Waals surface area (Å²) in [4.78, 5) is 11.2.